The highest BCUT2D eigenvalue weighted by Crippen LogP contribution is 2.27. The molecule has 156 valence electrons. The minimum Gasteiger partial charge on any atom is -0.465 e. The van der Waals surface area contributed by atoms with Gasteiger partial charge in [-0.2, -0.15) is 5.10 Å². The van der Waals surface area contributed by atoms with Crippen LogP contribution in [-0.4, -0.2) is 33.8 Å². The number of para-hydroxylation sites is 1. The molecule has 2 heterocycles. The Morgan fingerprint density at radius 2 is 1.84 bits per heavy atom. The van der Waals surface area contributed by atoms with Crippen molar-refractivity contribution in [3.8, 4) is 11.3 Å². The standard InChI is InChI=1S/C24H22N4O3/c1-4-28-22-19(14-25-28)18(13-20(26-22)16-10-6-5-7-11-16)23(29)27-21-15(2)9-8-12-17(21)24(30)31-3/h5-14H,4H2,1-3H3,(H,27,29). The zero-order valence-corrected chi connectivity index (χ0v) is 17.5. The average molecular weight is 414 g/mol. The Kier molecular flexibility index (Phi) is 5.49. The number of hydrogen-bond donors (Lipinski definition) is 1. The lowest BCUT2D eigenvalue weighted by atomic mass is 10.0. The molecule has 31 heavy (non-hydrogen) atoms. The summed E-state index contributed by atoms with van der Waals surface area (Å²) in [5.41, 5.74) is 4.12. The first-order chi connectivity index (χ1) is 15.0. The molecule has 4 aromatic rings. The van der Waals surface area contributed by atoms with Gasteiger partial charge in [0.05, 0.1) is 41.2 Å². The summed E-state index contributed by atoms with van der Waals surface area (Å²) in [6.07, 6.45) is 1.65. The molecular formula is C24H22N4O3. The molecule has 0 saturated heterocycles. The van der Waals surface area contributed by atoms with E-state index >= 15 is 0 Å². The molecule has 7 nitrogen and oxygen atoms in total. The Morgan fingerprint density at radius 3 is 2.55 bits per heavy atom. The van der Waals surface area contributed by atoms with Gasteiger partial charge in [-0.25, -0.2) is 14.5 Å². The molecule has 0 radical (unpaired) electrons. The fourth-order valence-electron chi connectivity index (χ4n) is 3.52. The van der Waals surface area contributed by atoms with E-state index in [-0.39, 0.29) is 5.91 Å². The van der Waals surface area contributed by atoms with Crippen LogP contribution in [0.1, 0.15) is 33.2 Å². The normalized spacial score (nSPS) is 10.8. The number of carbonyl (C=O) groups is 2. The largest absolute Gasteiger partial charge is 0.465 e. The van der Waals surface area contributed by atoms with Crippen molar-refractivity contribution >= 4 is 28.6 Å². The van der Waals surface area contributed by atoms with Gasteiger partial charge in [-0.1, -0.05) is 42.5 Å². The summed E-state index contributed by atoms with van der Waals surface area (Å²) in [7, 11) is 1.31. The average Bonchev–Trinajstić information content (AvgIpc) is 3.22. The Labute approximate surface area is 179 Å². The second kappa shape index (κ2) is 8.39. The SMILES string of the molecule is CCn1ncc2c(C(=O)Nc3c(C)cccc3C(=O)OC)cc(-c3ccccc3)nc21. The molecule has 0 aliphatic heterocycles. The Bertz CT molecular complexity index is 1280. The minimum absolute atomic E-state index is 0.300. The van der Waals surface area contributed by atoms with Crippen molar-refractivity contribution in [3.05, 3.63) is 77.5 Å². The first-order valence-electron chi connectivity index (χ1n) is 9.94. The van der Waals surface area contributed by atoms with Gasteiger partial charge in [0.2, 0.25) is 0 Å². The fraction of sp³-hybridized carbons (Fsp3) is 0.167. The number of pyridine rings is 1. The molecule has 2 aromatic heterocycles. The molecule has 0 bridgehead atoms. The molecular weight excluding hydrogens is 392 g/mol. The summed E-state index contributed by atoms with van der Waals surface area (Å²) in [6.45, 7) is 4.42. The van der Waals surface area contributed by atoms with Gasteiger partial charge in [0.1, 0.15) is 0 Å². The second-order valence-electron chi connectivity index (χ2n) is 7.06. The third kappa shape index (κ3) is 3.77. The van der Waals surface area contributed by atoms with E-state index in [0.29, 0.717) is 40.1 Å². The number of esters is 1. The molecule has 2 aromatic carbocycles. The summed E-state index contributed by atoms with van der Waals surface area (Å²) in [5, 5.41) is 7.92. The van der Waals surface area contributed by atoms with E-state index in [1.807, 2.05) is 50.2 Å². The number of nitrogens with zero attached hydrogens (tertiary/aromatic N) is 3. The number of nitrogens with one attached hydrogen (secondary N) is 1. The summed E-state index contributed by atoms with van der Waals surface area (Å²) in [6, 6.07) is 16.6. The maximum Gasteiger partial charge on any atom is 0.339 e. The lowest BCUT2D eigenvalue weighted by Crippen LogP contribution is -2.17. The number of rotatable bonds is 5. The van der Waals surface area contributed by atoms with E-state index in [1.54, 1.807) is 29.1 Å². The number of amides is 1. The predicted molar refractivity (Wildman–Crippen MR) is 119 cm³/mol. The molecule has 0 aliphatic rings. The van der Waals surface area contributed by atoms with Crippen LogP contribution in [0.25, 0.3) is 22.3 Å². The summed E-state index contributed by atoms with van der Waals surface area (Å²) < 4.78 is 6.63. The summed E-state index contributed by atoms with van der Waals surface area (Å²) in [4.78, 5) is 30.3. The zero-order valence-electron chi connectivity index (χ0n) is 17.5. The lowest BCUT2D eigenvalue weighted by molar-refractivity contribution is 0.0602. The smallest absolute Gasteiger partial charge is 0.339 e. The molecule has 1 N–H and O–H groups in total. The van der Waals surface area contributed by atoms with Crippen LogP contribution in [-0.2, 0) is 11.3 Å². The first kappa shape index (κ1) is 20.3. The van der Waals surface area contributed by atoms with Gasteiger partial charge >= 0.3 is 5.97 Å². The van der Waals surface area contributed by atoms with E-state index in [9.17, 15) is 9.59 Å². The number of aryl methyl sites for hydroxylation is 2. The molecule has 0 atom stereocenters. The van der Waals surface area contributed by atoms with Crippen LogP contribution in [0.4, 0.5) is 5.69 Å². The topological polar surface area (TPSA) is 86.1 Å². The lowest BCUT2D eigenvalue weighted by Gasteiger charge is -2.14. The van der Waals surface area contributed by atoms with Crippen LogP contribution in [0.15, 0.2) is 60.8 Å². The number of aromatic nitrogens is 3. The molecule has 7 heteroatoms. The van der Waals surface area contributed by atoms with Crippen LogP contribution < -0.4 is 5.32 Å². The second-order valence-corrected chi connectivity index (χ2v) is 7.06. The fourth-order valence-corrected chi connectivity index (χ4v) is 3.52. The first-order valence-corrected chi connectivity index (χ1v) is 9.94. The predicted octanol–water partition coefficient (Wildman–Crippen LogP) is 4.47. The molecule has 0 unspecified atom stereocenters. The molecule has 0 saturated carbocycles. The third-order valence-electron chi connectivity index (χ3n) is 5.14. The van der Waals surface area contributed by atoms with Crippen molar-refractivity contribution in [3.63, 3.8) is 0 Å². The quantitative estimate of drug-likeness (QED) is 0.487. The van der Waals surface area contributed by atoms with E-state index < -0.39 is 5.97 Å². The van der Waals surface area contributed by atoms with Gasteiger partial charge in [-0.3, -0.25) is 4.79 Å². The van der Waals surface area contributed by atoms with Crippen molar-refractivity contribution in [1.29, 1.82) is 0 Å². The van der Waals surface area contributed by atoms with Crippen LogP contribution in [0.3, 0.4) is 0 Å². The number of anilines is 1. The highest BCUT2D eigenvalue weighted by molar-refractivity contribution is 6.14. The maximum atomic E-state index is 13.4. The highest BCUT2D eigenvalue weighted by atomic mass is 16.5. The number of carbonyl (C=O) groups excluding carboxylic acids is 2. The summed E-state index contributed by atoms with van der Waals surface area (Å²) >= 11 is 0. The number of methoxy groups -OCH3 is 1. The van der Waals surface area contributed by atoms with Crippen molar-refractivity contribution < 1.29 is 14.3 Å². The molecule has 1 amide bonds. The zero-order chi connectivity index (χ0) is 22.0. The highest BCUT2D eigenvalue weighted by Gasteiger charge is 2.21. The van der Waals surface area contributed by atoms with E-state index in [0.717, 1.165) is 11.1 Å². The van der Waals surface area contributed by atoms with E-state index in [2.05, 4.69) is 10.4 Å². The van der Waals surface area contributed by atoms with E-state index in [1.165, 1.54) is 7.11 Å². The number of benzene rings is 2. The van der Waals surface area contributed by atoms with Gasteiger partial charge in [-0.05, 0) is 31.5 Å². The van der Waals surface area contributed by atoms with Crippen molar-refractivity contribution in [2.24, 2.45) is 0 Å². The van der Waals surface area contributed by atoms with Gasteiger partial charge < -0.3 is 10.1 Å². The molecule has 0 fully saturated rings. The summed E-state index contributed by atoms with van der Waals surface area (Å²) in [5.74, 6) is -0.859. The van der Waals surface area contributed by atoms with Crippen LogP contribution >= 0.6 is 0 Å². The van der Waals surface area contributed by atoms with Crippen LogP contribution in [0.5, 0.6) is 0 Å². The molecule has 4 rings (SSSR count). The number of ether oxygens (including phenoxy) is 1. The van der Waals surface area contributed by atoms with Gasteiger partial charge in [0.25, 0.3) is 5.91 Å². The third-order valence-corrected chi connectivity index (χ3v) is 5.14. The van der Waals surface area contributed by atoms with Gasteiger partial charge in [-0.15, -0.1) is 0 Å². The number of fused-ring (bicyclic) bond motifs is 1. The van der Waals surface area contributed by atoms with Crippen molar-refractivity contribution in [1.82, 2.24) is 14.8 Å². The van der Waals surface area contributed by atoms with Crippen molar-refractivity contribution in [2.45, 2.75) is 20.4 Å². The molecule has 0 aliphatic carbocycles. The van der Waals surface area contributed by atoms with Crippen LogP contribution in [0, 0.1) is 6.92 Å². The Balaban J connectivity index is 1.84. The Morgan fingerprint density at radius 1 is 1.06 bits per heavy atom. The number of hydrogen-bond acceptors (Lipinski definition) is 5. The maximum absolute atomic E-state index is 13.4. The Hall–Kier alpha value is -4.00. The van der Waals surface area contributed by atoms with E-state index in [4.69, 9.17) is 9.72 Å². The van der Waals surface area contributed by atoms with Gasteiger partial charge in [0, 0.05) is 12.1 Å². The van der Waals surface area contributed by atoms with Gasteiger partial charge in [0.15, 0.2) is 5.65 Å². The van der Waals surface area contributed by atoms with Crippen molar-refractivity contribution in [2.75, 3.05) is 12.4 Å². The minimum atomic E-state index is -0.511. The monoisotopic (exact) mass is 414 g/mol. The molecule has 0 spiro atoms. The van der Waals surface area contributed by atoms with Crippen LogP contribution in [0.2, 0.25) is 0 Å².